The number of esters is 1. The van der Waals surface area contributed by atoms with Crippen molar-refractivity contribution in [3.8, 4) is 0 Å². The topological polar surface area (TPSA) is 107 Å². The number of carbonyl (C=O) groups excluding carboxylic acids is 3. The first-order valence-corrected chi connectivity index (χ1v) is 12.2. The van der Waals surface area contributed by atoms with Gasteiger partial charge in [0.2, 0.25) is 11.8 Å². The maximum absolute atomic E-state index is 13.3. The number of carboxylic acid groups (broad SMARTS) is 1. The zero-order valence-corrected chi connectivity index (χ0v) is 21.1. The van der Waals surface area contributed by atoms with Gasteiger partial charge in [0.05, 0.1) is 43.1 Å². The van der Waals surface area contributed by atoms with E-state index in [9.17, 15) is 24.3 Å². The standard InChI is InChI=1S/C25H25Cl2N3O6/c1-36-25(35)15-6-8-28(9-7-15)13-22(31)30-14-23(32)29(12-17-2-4-18(26)11-19(17)27)20-5-3-16(24(33)34)10-21(20)30/h2-5,10-11,15H,6-9,12-14H2,1H3,(H,33,34). The summed E-state index contributed by atoms with van der Waals surface area (Å²) < 4.78 is 4.81. The zero-order chi connectivity index (χ0) is 26.0. The highest BCUT2D eigenvalue weighted by atomic mass is 35.5. The summed E-state index contributed by atoms with van der Waals surface area (Å²) in [4.78, 5) is 54.7. The Kier molecular flexibility index (Phi) is 7.82. The van der Waals surface area contributed by atoms with Gasteiger partial charge in [-0.1, -0.05) is 29.3 Å². The third-order valence-corrected chi connectivity index (χ3v) is 7.11. The molecule has 0 atom stereocenters. The maximum Gasteiger partial charge on any atom is 0.335 e. The van der Waals surface area contributed by atoms with Crippen molar-refractivity contribution in [2.75, 3.05) is 43.1 Å². The Morgan fingerprint density at radius 1 is 1.06 bits per heavy atom. The van der Waals surface area contributed by atoms with Crippen LogP contribution in [0.4, 0.5) is 11.4 Å². The maximum atomic E-state index is 13.3. The fourth-order valence-electron chi connectivity index (χ4n) is 4.53. The first-order chi connectivity index (χ1) is 17.2. The third kappa shape index (κ3) is 5.48. The van der Waals surface area contributed by atoms with E-state index in [1.165, 1.54) is 35.1 Å². The molecule has 0 unspecified atom stereocenters. The van der Waals surface area contributed by atoms with Crippen LogP contribution in [-0.4, -0.2) is 67.0 Å². The lowest BCUT2D eigenvalue weighted by molar-refractivity contribution is -0.147. The predicted molar refractivity (Wildman–Crippen MR) is 135 cm³/mol. The quantitative estimate of drug-likeness (QED) is 0.566. The lowest BCUT2D eigenvalue weighted by atomic mass is 9.97. The van der Waals surface area contributed by atoms with Crippen LogP contribution in [0, 0.1) is 5.92 Å². The fraction of sp³-hybridized carbons (Fsp3) is 0.360. The van der Waals surface area contributed by atoms with Gasteiger partial charge in [0, 0.05) is 10.0 Å². The van der Waals surface area contributed by atoms with E-state index in [0.29, 0.717) is 52.9 Å². The number of methoxy groups -OCH3 is 1. The number of likely N-dealkylation sites (tertiary alicyclic amines) is 1. The molecule has 2 aliphatic rings. The lowest BCUT2D eigenvalue weighted by Crippen LogP contribution is -2.51. The van der Waals surface area contributed by atoms with E-state index in [4.69, 9.17) is 27.9 Å². The van der Waals surface area contributed by atoms with Crippen molar-refractivity contribution >= 4 is 58.3 Å². The summed E-state index contributed by atoms with van der Waals surface area (Å²) in [6, 6.07) is 9.31. The fourth-order valence-corrected chi connectivity index (χ4v) is 5.00. The molecule has 4 rings (SSSR count). The predicted octanol–water partition coefficient (Wildman–Crippen LogP) is 3.46. The van der Waals surface area contributed by atoms with Crippen LogP contribution in [-0.2, 0) is 25.7 Å². The van der Waals surface area contributed by atoms with Crippen molar-refractivity contribution in [3.63, 3.8) is 0 Å². The molecule has 1 saturated heterocycles. The molecule has 9 nitrogen and oxygen atoms in total. The van der Waals surface area contributed by atoms with Gasteiger partial charge in [-0.2, -0.15) is 0 Å². The first-order valence-electron chi connectivity index (χ1n) is 11.4. The summed E-state index contributed by atoms with van der Waals surface area (Å²) in [7, 11) is 1.36. The van der Waals surface area contributed by atoms with Gasteiger partial charge in [0.25, 0.3) is 0 Å². The van der Waals surface area contributed by atoms with Crippen molar-refractivity contribution in [2.24, 2.45) is 5.92 Å². The molecule has 11 heteroatoms. The van der Waals surface area contributed by atoms with Gasteiger partial charge >= 0.3 is 11.9 Å². The van der Waals surface area contributed by atoms with Crippen molar-refractivity contribution in [2.45, 2.75) is 19.4 Å². The van der Waals surface area contributed by atoms with Crippen molar-refractivity contribution in [1.82, 2.24) is 4.90 Å². The van der Waals surface area contributed by atoms with Crippen LogP contribution in [0.5, 0.6) is 0 Å². The van der Waals surface area contributed by atoms with Gasteiger partial charge in [-0.15, -0.1) is 0 Å². The molecule has 0 aliphatic carbocycles. The van der Waals surface area contributed by atoms with Gasteiger partial charge in [0.1, 0.15) is 6.54 Å². The molecule has 2 aromatic rings. The van der Waals surface area contributed by atoms with Gasteiger partial charge in [-0.05, 0) is 61.8 Å². The van der Waals surface area contributed by atoms with Gasteiger partial charge < -0.3 is 14.7 Å². The largest absolute Gasteiger partial charge is 0.478 e. The van der Waals surface area contributed by atoms with Crippen molar-refractivity contribution in [3.05, 3.63) is 57.6 Å². The molecule has 190 valence electrons. The van der Waals surface area contributed by atoms with E-state index in [-0.39, 0.29) is 48.9 Å². The number of fused-ring (bicyclic) bond motifs is 1. The molecule has 2 aromatic carbocycles. The summed E-state index contributed by atoms with van der Waals surface area (Å²) >= 11 is 12.3. The smallest absolute Gasteiger partial charge is 0.335 e. The number of aromatic carboxylic acids is 1. The SMILES string of the molecule is COC(=O)C1CCN(CC(=O)N2CC(=O)N(Cc3ccc(Cl)cc3Cl)c3ccc(C(=O)O)cc32)CC1. The third-order valence-electron chi connectivity index (χ3n) is 6.52. The minimum absolute atomic E-state index is 0.00395. The summed E-state index contributed by atoms with van der Waals surface area (Å²) in [6.07, 6.45) is 1.16. The summed E-state index contributed by atoms with van der Waals surface area (Å²) in [5, 5.41) is 10.4. The average Bonchev–Trinajstić information content (AvgIpc) is 2.86. The van der Waals surface area contributed by atoms with Crippen LogP contribution < -0.4 is 9.80 Å². The molecule has 0 radical (unpaired) electrons. The molecule has 1 N–H and O–H groups in total. The lowest BCUT2D eigenvalue weighted by Gasteiger charge is -2.38. The summed E-state index contributed by atoms with van der Waals surface area (Å²) in [5.74, 6) is -2.23. The van der Waals surface area contributed by atoms with E-state index in [1.807, 2.05) is 4.90 Å². The number of halogens is 2. The van der Waals surface area contributed by atoms with Crippen molar-refractivity contribution < 1.29 is 29.0 Å². The van der Waals surface area contributed by atoms with E-state index in [1.54, 1.807) is 18.2 Å². The van der Waals surface area contributed by atoms with Gasteiger partial charge in [-0.25, -0.2) is 4.79 Å². The highest BCUT2D eigenvalue weighted by Crippen LogP contribution is 2.37. The number of anilines is 2. The molecule has 2 aliphatic heterocycles. The molecule has 0 bridgehead atoms. The normalized spacial score (nSPS) is 16.6. The van der Waals surface area contributed by atoms with Crippen LogP contribution in [0.2, 0.25) is 10.0 Å². The van der Waals surface area contributed by atoms with Gasteiger partial charge in [0.15, 0.2) is 0 Å². The highest BCUT2D eigenvalue weighted by molar-refractivity contribution is 6.35. The molecular formula is C25H25Cl2N3O6. The zero-order valence-electron chi connectivity index (χ0n) is 19.6. The number of benzene rings is 2. The van der Waals surface area contributed by atoms with Gasteiger partial charge in [-0.3, -0.25) is 24.2 Å². The molecule has 2 heterocycles. The number of ether oxygens (including phenoxy) is 1. The van der Waals surface area contributed by atoms with Crippen LogP contribution in [0.3, 0.4) is 0 Å². The molecule has 0 aromatic heterocycles. The number of carbonyl (C=O) groups is 4. The number of amides is 2. The number of piperidine rings is 1. The molecular weight excluding hydrogens is 509 g/mol. The Labute approximate surface area is 218 Å². The Bertz CT molecular complexity index is 1210. The van der Waals surface area contributed by atoms with E-state index in [0.717, 1.165) is 0 Å². The van der Waals surface area contributed by atoms with E-state index >= 15 is 0 Å². The molecule has 1 fully saturated rings. The number of hydrogen-bond acceptors (Lipinski definition) is 6. The number of rotatable bonds is 6. The molecule has 0 spiro atoms. The van der Waals surface area contributed by atoms with Crippen molar-refractivity contribution in [1.29, 1.82) is 0 Å². The Morgan fingerprint density at radius 3 is 2.42 bits per heavy atom. The minimum Gasteiger partial charge on any atom is -0.478 e. The average molecular weight is 534 g/mol. The Balaban J connectivity index is 1.58. The molecule has 2 amide bonds. The van der Waals surface area contributed by atoms with E-state index in [2.05, 4.69) is 0 Å². The molecule has 36 heavy (non-hydrogen) atoms. The highest BCUT2D eigenvalue weighted by Gasteiger charge is 2.35. The van der Waals surface area contributed by atoms with E-state index < -0.39 is 5.97 Å². The number of hydrogen-bond donors (Lipinski definition) is 1. The van der Waals surface area contributed by atoms with Crippen LogP contribution in [0.25, 0.3) is 0 Å². The second-order valence-corrected chi connectivity index (χ2v) is 9.62. The monoisotopic (exact) mass is 533 g/mol. The van der Waals surface area contributed by atoms with Crippen LogP contribution >= 0.6 is 23.2 Å². The summed E-state index contributed by atoms with van der Waals surface area (Å²) in [5.41, 5.74) is 1.43. The minimum atomic E-state index is -1.14. The Hall–Kier alpha value is -3.14. The molecule has 0 saturated carbocycles. The second kappa shape index (κ2) is 10.9. The Morgan fingerprint density at radius 2 is 1.78 bits per heavy atom. The second-order valence-electron chi connectivity index (χ2n) is 8.78. The number of carboxylic acids is 1. The number of nitrogens with zero attached hydrogens (tertiary/aromatic N) is 3. The van der Waals surface area contributed by atoms with Crippen LogP contribution in [0.15, 0.2) is 36.4 Å². The summed E-state index contributed by atoms with van der Waals surface area (Å²) in [6.45, 7) is 1.02. The van der Waals surface area contributed by atoms with Crippen LogP contribution in [0.1, 0.15) is 28.8 Å². The first kappa shape index (κ1) is 25.9.